The van der Waals surface area contributed by atoms with Crippen molar-refractivity contribution >= 4 is 22.8 Å². The van der Waals surface area contributed by atoms with Crippen LogP contribution in [0.15, 0.2) is 72.1 Å². The minimum Gasteiger partial charge on any atom is -0.270 e. The van der Waals surface area contributed by atoms with Gasteiger partial charge in [-0.2, -0.15) is 0 Å². The summed E-state index contributed by atoms with van der Waals surface area (Å²) < 4.78 is 2.11. The van der Waals surface area contributed by atoms with Crippen LogP contribution in [0.4, 0.5) is 0 Å². The van der Waals surface area contributed by atoms with E-state index in [-0.39, 0.29) is 0 Å². The van der Waals surface area contributed by atoms with Gasteiger partial charge in [-0.05, 0) is 68.3 Å². The molecule has 5 aromatic rings. The van der Waals surface area contributed by atoms with Gasteiger partial charge < -0.3 is 0 Å². The Hall–Kier alpha value is -3.58. The molecule has 0 unspecified atom stereocenters. The number of hydrogen-bond donors (Lipinski definition) is 0. The molecule has 0 bridgehead atoms. The van der Waals surface area contributed by atoms with Gasteiger partial charge in [0.15, 0.2) is 11.0 Å². The maximum absolute atomic E-state index is 4.83. The number of aromatic nitrogens is 6. The van der Waals surface area contributed by atoms with Crippen LogP contribution in [0.5, 0.6) is 0 Å². The molecule has 5 rings (SSSR count). The first-order valence-corrected chi connectivity index (χ1v) is 11.4. The number of benzene rings is 2. The van der Waals surface area contributed by atoms with Crippen molar-refractivity contribution < 1.29 is 0 Å². The second-order valence-electron chi connectivity index (χ2n) is 7.68. The van der Waals surface area contributed by atoms with Crippen LogP contribution in [-0.2, 0) is 5.75 Å². The average Bonchev–Trinajstić information content (AvgIpc) is 3.24. The molecule has 0 saturated carbocycles. The molecule has 0 aliphatic carbocycles. The van der Waals surface area contributed by atoms with Crippen molar-refractivity contribution in [1.82, 2.24) is 29.7 Å². The second-order valence-corrected chi connectivity index (χ2v) is 8.62. The Balaban J connectivity index is 1.55. The highest BCUT2D eigenvalue weighted by Gasteiger charge is 2.17. The number of aryl methyl sites for hydroxylation is 3. The highest BCUT2D eigenvalue weighted by molar-refractivity contribution is 7.98. The normalized spacial score (nSPS) is 11.2. The summed E-state index contributed by atoms with van der Waals surface area (Å²) in [6.07, 6.45) is 3.55. The first-order valence-electron chi connectivity index (χ1n) is 10.4. The molecule has 0 radical (unpaired) electrons. The third-order valence-electron chi connectivity index (χ3n) is 5.50. The summed E-state index contributed by atoms with van der Waals surface area (Å²) in [4.78, 5) is 13.7. The molecule has 2 aromatic carbocycles. The standard InChI is InChI=1S/C25H22N6S/c1-16-8-9-20(14-17(16)2)31-24(19-10-12-26-13-11-19)29-30-25(31)32-15-23-18(3)27-21-6-4-5-7-22(21)28-23/h4-14H,15H2,1-3H3. The fraction of sp³-hybridized carbons (Fsp3) is 0.160. The Morgan fingerprint density at radius 1 is 0.812 bits per heavy atom. The van der Waals surface area contributed by atoms with Crippen molar-refractivity contribution in [3.05, 3.63) is 89.5 Å². The Labute approximate surface area is 190 Å². The SMILES string of the molecule is Cc1ccc(-n2c(SCc3nc4ccccc4nc3C)nnc2-c2ccncc2)cc1C. The summed E-state index contributed by atoms with van der Waals surface area (Å²) in [7, 11) is 0. The van der Waals surface area contributed by atoms with E-state index in [1.54, 1.807) is 24.2 Å². The topological polar surface area (TPSA) is 69.4 Å². The van der Waals surface area contributed by atoms with Gasteiger partial charge in [0.25, 0.3) is 0 Å². The number of hydrogen-bond acceptors (Lipinski definition) is 6. The first-order chi connectivity index (χ1) is 15.6. The van der Waals surface area contributed by atoms with Crippen LogP contribution < -0.4 is 0 Å². The van der Waals surface area contributed by atoms with E-state index in [4.69, 9.17) is 9.97 Å². The number of fused-ring (bicyclic) bond motifs is 1. The van der Waals surface area contributed by atoms with Crippen LogP contribution in [0.25, 0.3) is 28.1 Å². The molecule has 0 aliphatic heterocycles. The van der Waals surface area contributed by atoms with Gasteiger partial charge in [-0.25, -0.2) is 9.97 Å². The van der Waals surface area contributed by atoms with Crippen molar-refractivity contribution in [3.63, 3.8) is 0 Å². The molecule has 158 valence electrons. The van der Waals surface area contributed by atoms with E-state index in [0.29, 0.717) is 5.75 Å². The highest BCUT2D eigenvalue weighted by Crippen LogP contribution is 2.30. The molecule has 7 heteroatoms. The minimum absolute atomic E-state index is 0.656. The summed E-state index contributed by atoms with van der Waals surface area (Å²) in [6.45, 7) is 6.24. The van der Waals surface area contributed by atoms with Crippen LogP contribution in [0, 0.1) is 20.8 Å². The third kappa shape index (κ3) is 3.87. The molecule has 3 heterocycles. The monoisotopic (exact) mass is 438 g/mol. The number of thioether (sulfide) groups is 1. The molecule has 0 atom stereocenters. The predicted octanol–water partition coefficient (Wildman–Crippen LogP) is 5.49. The quantitative estimate of drug-likeness (QED) is 0.338. The Morgan fingerprint density at radius 3 is 2.31 bits per heavy atom. The van der Waals surface area contributed by atoms with Gasteiger partial charge in [-0.1, -0.05) is 30.0 Å². The molecule has 0 saturated heterocycles. The molecular formula is C25H22N6S. The van der Waals surface area contributed by atoms with Gasteiger partial charge in [0.2, 0.25) is 0 Å². The first kappa shape index (κ1) is 20.3. The van der Waals surface area contributed by atoms with Crippen LogP contribution in [0.2, 0.25) is 0 Å². The van der Waals surface area contributed by atoms with E-state index in [1.807, 2.05) is 43.3 Å². The zero-order chi connectivity index (χ0) is 22.1. The van der Waals surface area contributed by atoms with Gasteiger partial charge in [-0.15, -0.1) is 10.2 Å². The van der Waals surface area contributed by atoms with Crippen LogP contribution in [0.1, 0.15) is 22.5 Å². The fourth-order valence-corrected chi connectivity index (χ4v) is 4.50. The fourth-order valence-electron chi connectivity index (χ4n) is 3.54. The maximum Gasteiger partial charge on any atom is 0.196 e. The maximum atomic E-state index is 4.83. The van der Waals surface area contributed by atoms with Crippen molar-refractivity contribution in [2.75, 3.05) is 0 Å². The number of rotatable bonds is 5. The largest absolute Gasteiger partial charge is 0.270 e. The molecule has 0 fully saturated rings. The van der Waals surface area contributed by atoms with Gasteiger partial charge in [-0.3, -0.25) is 9.55 Å². The van der Waals surface area contributed by atoms with Crippen molar-refractivity contribution in [1.29, 1.82) is 0 Å². The van der Waals surface area contributed by atoms with Crippen molar-refractivity contribution in [3.8, 4) is 17.1 Å². The second kappa shape index (κ2) is 8.51. The average molecular weight is 439 g/mol. The van der Waals surface area contributed by atoms with Crippen LogP contribution >= 0.6 is 11.8 Å². The lowest BCUT2D eigenvalue weighted by molar-refractivity contribution is 0.883. The van der Waals surface area contributed by atoms with Crippen LogP contribution in [0.3, 0.4) is 0 Å². The van der Waals surface area contributed by atoms with E-state index < -0.39 is 0 Å². The van der Waals surface area contributed by atoms with E-state index in [0.717, 1.165) is 44.7 Å². The Bertz CT molecular complexity index is 1410. The Morgan fingerprint density at radius 2 is 1.56 bits per heavy atom. The molecule has 0 amide bonds. The minimum atomic E-state index is 0.656. The lowest BCUT2D eigenvalue weighted by Crippen LogP contribution is -2.02. The number of para-hydroxylation sites is 2. The third-order valence-corrected chi connectivity index (χ3v) is 6.44. The van der Waals surface area contributed by atoms with Crippen molar-refractivity contribution in [2.24, 2.45) is 0 Å². The van der Waals surface area contributed by atoms with Crippen LogP contribution in [-0.4, -0.2) is 29.7 Å². The van der Waals surface area contributed by atoms with E-state index >= 15 is 0 Å². The molecule has 3 aromatic heterocycles. The smallest absolute Gasteiger partial charge is 0.196 e. The molecule has 32 heavy (non-hydrogen) atoms. The number of pyridine rings is 1. The Kier molecular flexibility index (Phi) is 5.41. The predicted molar refractivity (Wildman–Crippen MR) is 128 cm³/mol. The lowest BCUT2D eigenvalue weighted by atomic mass is 10.1. The molecule has 0 N–H and O–H groups in total. The lowest BCUT2D eigenvalue weighted by Gasteiger charge is -2.12. The summed E-state index contributed by atoms with van der Waals surface area (Å²) in [5.74, 6) is 1.45. The van der Waals surface area contributed by atoms with E-state index in [2.05, 4.69) is 51.8 Å². The van der Waals surface area contributed by atoms with E-state index in [9.17, 15) is 0 Å². The molecule has 0 aliphatic rings. The summed E-state index contributed by atoms with van der Waals surface area (Å²) in [5, 5.41) is 9.88. The van der Waals surface area contributed by atoms with E-state index in [1.165, 1.54) is 11.1 Å². The molecule has 0 spiro atoms. The summed E-state index contributed by atoms with van der Waals surface area (Å²) in [6, 6.07) is 18.3. The van der Waals surface area contributed by atoms with Gasteiger partial charge in [0.1, 0.15) is 0 Å². The zero-order valence-electron chi connectivity index (χ0n) is 18.1. The zero-order valence-corrected chi connectivity index (χ0v) is 19.0. The highest BCUT2D eigenvalue weighted by atomic mass is 32.2. The van der Waals surface area contributed by atoms with Gasteiger partial charge in [0.05, 0.1) is 28.1 Å². The summed E-state index contributed by atoms with van der Waals surface area (Å²) in [5.41, 5.74) is 8.19. The van der Waals surface area contributed by atoms with Crippen molar-refractivity contribution in [2.45, 2.75) is 31.7 Å². The number of nitrogens with zero attached hydrogens (tertiary/aromatic N) is 6. The molecule has 6 nitrogen and oxygen atoms in total. The van der Waals surface area contributed by atoms with Gasteiger partial charge in [0, 0.05) is 23.7 Å². The summed E-state index contributed by atoms with van der Waals surface area (Å²) >= 11 is 1.61. The molecular weight excluding hydrogens is 416 g/mol. The van der Waals surface area contributed by atoms with Gasteiger partial charge >= 0.3 is 0 Å².